The van der Waals surface area contributed by atoms with Gasteiger partial charge in [0.15, 0.2) is 0 Å². The third-order valence-corrected chi connectivity index (χ3v) is 6.71. The van der Waals surface area contributed by atoms with E-state index in [0.29, 0.717) is 6.42 Å². The number of sulfonamides is 1. The zero-order chi connectivity index (χ0) is 17.7. The predicted molar refractivity (Wildman–Crippen MR) is 93.4 cm³/mol. The number of amides is 1. The zero-order valence-electron chi connectivity index (χ0n) is 12.8. The number of rotatable bonds is 7. The number of benzene rings is 1. The van der Waals surface area contributed by atoms with Crippen molar-refractivity contribution in [2.75, 3.05) is 18.9 Å². The second kappa shape index (κ2) is 8.06. The van der Waals surface area contributed by atoms with Gasteiger partial charge in [-0.05, 0) is 36.1 Å². The summed E-state index contributed by atoms with van der Waals surface area (Å²) >= 11 is 6.78. The Morgan fingerprint density at radius 3 is 2.75 bits per heavy atom. The van der Waals surface area contributed by atoms with E-state index in [-0.39, 0.29) is 27.9 Å². The minimum absolute atomic E-state index is 0.0453. The van der Waals surface area contributed by atoms with Crippen molar-refractivity contribution in [3.63, 3.8) is 0 Å². The molecule has 1 heterocycles. The summed E-state index contributed by atoms with van der Waals surface area (Å²) in [5, 5.41) is 4.37. The van der Waals surface area contributed by atoms with Crippen LogP contribution in [-0.4, -0.2) is 32.2 Å². The van der Waals surface area contributed by atoms with Crippen molar-refractivity contribution >= 4 is 44.6 Å². The number of hydrogen-bond donors (Lipinski definition) is 1. The summed E-state index contributed by atoms with van der Waals surface area (Å²) in [6.07, 6.45) is 0.397. The SMILES string of the molecule is CN(CCCC(=O)Nc1ccc(Cl)cc1F)S(=O)(=O)c1cccs1. The van der Waals surface area contributed by atoms with Crippen LogP contribution in [0.25, 0.3) is 0 Å². The fourth-order valence-electron chi connectivity index (χ4n) is 1.95. The molecule has 1 aromatic heterocycles. The molecular weight excluding hydrogens is 375 g/mol. The lowest BCUT2D eigenvalue weighted by Gasteiger charge is -2.15. The molecule has 2 rings (SSSR count). The summed E-state index contributed by atoms with van der Waals surface area (Å²) in [7, 11) is -2.05. The van der Waals surface area contributed by atoms with Gasteiger partial charge in [0.05, 0.1) is 5.69 Å². The molecule has 130 valence electrons. The molecule has 2 aromatic rings. The molecule has 24 heavy (non-hydrogen) atoms. The van der Waals surface area contributed by atoms with Gasteiger partial charge in [0.25, 0.3) is 10.0 Å². The largest absolute Gasteiger partial charge is 0.324 e. The molecule has 1 aromatic carbocycles. The standard InChI is InChI=1S/C15H16ClFN2O3S2/c1-19(24(21,22)15-5-3-9-23-15)8-2-4-14(20)18-13-7-6-11(16)10-12(13)17/h3,5-7,9-10H,2,4,8H2,1H3,(H,18,20). The Hall–Kier alpha value is -1.48. The van der Waals surface area contributed by atoms with Crippen LogP contribution >= 0.6 is 22.9 Å². The lowest BCUT2D eigenvalue weighted by molar-refractivity contribution is -0.116. The zero-order valence-corrected chi connectivity index (χ0v) is 15.2. The van der Waals surface area contributed by atoms with E-state index < -0.39 is 21.7 Å². The summed E-state index contributed by atoms with van der Waals surface area (Å²) in [5.74, 6) is -1.01. The number of carbonyl (C=O) groups excluding carboxylic acids is 1. The summed E-state index contributed by atoms with van der Waals surface area (Å²) in [6, 6.07) is 7.16. The molecule has 0 aliphatic rings. The van der Waals surface area contributed by atoms with Crippen LogP contribution in [0.3, 0.4) is 0 Å². The van der Waals surface area contributed by atoms with Crippen molar-refractivity contribution in [2.24, 2.45) is 0 Å². The Bertz CT molecular complexity index is 810. The van der Waals surface area contributed by atoms with Gasteiger partial charge < -0.3 is 5.32 Å². The highest BCUT2D eigenvalue weighted by Gasteiger charge is 2.21. The molecule has 0 radical (unpaired) electrons. The molecule has 1 amide bonds. The Labute approximate surface area is 149 Å². The molecule has 0 atom stereocenters. The molecule has 1 N–H and O–H groups in total. The average Bonchev–Trinajstić information content (AvgIpc) is 3.05. The van der Waals surface area contributed by atoms with E-state index in [1.807, 2.05) is 0 Å². The normalized spacial score (nSPS) is 11.7. The van der Waals surface area contributed by atoms with Gasteiger partial charge in [0, 0.05) is 25.0 Å². The number of nitrogens with one attached hydrogen (secondary N) is 1. The smallest absolute Gasteiger partial charge is 0.252 e. The van der Waals surface area contributed by atoms with Crippen LogP contribution in [0.15, 0.2) is 39.9 Å². The highest BCUT2D eigenvalue weighted by Crippen LogP contribution is 2.21. The van der Waals surface area contributed by atoms with E-state index >= 15 is 0 Å². The summed E-state index contributed by atoms with van der Waals surface area (Å²) in [6.45, 7) is 0.191. The first kappa shape index (κ1) is 18.9. The monoisotopic (exact) mass is 390 g/mol. The topological polar surface area (TPSA) is 66.5 Å². The Morgan fingerprint density at radius 1 is 1.38 bits per heavy atom. The first-order chi connectivity index (χ1) is 11.3. The number of carbonyl (C=O) groups is 1. The molecule has 0 saturated carbocycles. The molecule has 9 heteroatoms. The van der Waals surface area contributed by atoms with Gasteiger partial charge in [-0.1, -0.05) is 17.7 Å². The van der Waals surface area contributed by atoms with Crippen molar-refractivity contribution in [1.82, 2.24) is 4.31 Å². The van der Waals surface area contributed by atoms with Gasteiger partial charge >= 0.3 is 0 Å². The van der Waals surface area contributed by atoms with E-state index in [4.69, 9.17) is 11.6 Å². The van der Waals surface area contributed by atoms with Crippen LogP contribution in [0.2, 0.25) is 5.02 Å². The van der Waals surface area contributed by atoms with Crippen LogP contribution in [-0.2, 0) is 14.8 Å². The van der Waals surface area contributed by atoms with E-state index in [2.05, 4.69) is 5.32 Å². The molecule has 0 fully saturated rings. The van der Waals surface area contributed by atoms with Gasteiger partial charge in [0.2, 0.25) is 5.91 Å². The molecule has 0 bridgehead atoms. The first-order valence-electron chi connectivity index (χ1n) is 7.05. The Morgan fingerprint density at radius 2 is 2.12 bits per heavy atom. The number of hydrogen-bond acceptors (Lipinski definition) is 4. The van der Waals surface area contributed by atoms with Crippen LogP contribution in [0.4, 0.5) is 10.1 Å². The van der Waals surface area contributed by atoms with Crippen molar-refractivity contribution in [1.29, 1.82) is 0 Å². The second-order valence-corrected chi connectivity index (χ2v) is 8.69. The van der Waals surface area contributed by atoms with E-state index in [9.17, 15) is 17.6 Å². The summed E-state index contributed by atoms with van der Waals surface area (Å²) in [5.41, 5.74) is 0.0453. The van der Waals surface area contributed by atoms with Crippen LogP contribution < -0.4 is 5.32 Å². The average molecular weight is 391 g/mol. The highest BCUT2D eigenvalue weighted by molar-refractivity contribution is 7.91. The van der Waals surface area contributed by atoms with Gasteiger partial charge in [-0.3, -0.25) is 4.79 Å². The van der Waals surface area contributed by atoms with Gasteiger partial charge in [-0.2, -0.15) is 0 Å². The number of halogens is 2. The molecule has 0 aliphatic heterocycles. The maximum atomic E-state index is 13.6. The third-order valence-electron chi connectivity index (χ3n) is 3.24. The predicted octanol–water partition coefficient (Wildman–Crippen LogP) is 3.58. The van der Waals surface area contributed by atoms with Crippen LogP contribution in [0.1, 0.15) is 12.8 Å². The first-order valence-corrected chi connectivity index (χ1v) is 9.75. The van der Waals surface area contributed by atoms with Crippen molar-refractivity contribution < 1.29 is 17.6 Å². The quantitative estimate of drug-likeness (QED) is 0.785. The van der Waals surface area contributed by atoms with E-state index in [0.717, 1.165) is 17.4 Å². The number of thiophene rings is 1. The Balaban J connectivity index is 1.84. The van der Waals surface area contributed by atoms with Gasteiger partial charge in [-0.25, -0.2) is 17.1 Å². The molecule has 0 saturated heterocycles. The van der Waals surface area contributed by atoms with Crippen molar-refractivity contribution in [2.45, 2.75) is 17.1 Å². The number of anilines is 1. The lowest BCUT2D eigenvalue weighted by atomic mass is 10.2. The molecule has 0 spiro atoms. The van der Waals surface area contributed by atoms with E-state index in [1.165, 1.54) is 29.6 Å². The lowest BCUT2D eigenvalue weighted by Crippen LogP contribution is -2.28. The maximum absolute atomic E-state index is 13.6. The summed E-state index contributed by atoms with van der Waals surface area (Å²) < 4.78 is 39.5. The minimum Gasteiger partial charge on any atom is -0.324 e. The minimum atomic E-state index is -3.52. The molecule has 0 aliphatic carbocycles. The van der Waals surface area contributed by atoms with E-state index in [1.54, 1.807) is 11.4 Å². The fraction of sp³-hybridized carbons (Fsp3) is 0.267. The molecule has 5 nitrogen and oxygen atoms in total. The fourth-order valence-corrected chi connectivity index (χ4v) is 4.52. The number of nitrogens with zero attached hydrogens (tertiary/aromatic N) is 1. The van der Waals surface area contributed by atoms with Crippen LogP contribution in [0, 0.1) is 5.82 Å². The Kier molecular flexibility index (Phi) is 6.34. The second-order valence-electron chi connectivity index (χ2n) is 5.03. The molecule has 0 unspecified atom stereocenters. The van der Waals surface area contributed by atoms with Crippen LogP contribution in [0.5, 0.6) is 0 Å². The highest BCUT2D eigenvalue weighted by atomic mass is 35.5. The maximum Gasteiger partial charge on any atom is 0.252 e. The summed E-state index contributed by atoms with van der Waals surface area (Å²) in [4.78, 5) is 11.8. The molecular formula is C15H16ClFN2O3S2. The van der Waals surface area contributed by atoms with Gasteiger partial charge in [0.1, 0.15) is 10.0 Å². The van der Waals surface area contributed by atoms with Gasteiger partial charge in [-0.15, -0.1) is 11.3 Å². The third kappa shape index (κ3) is 4.76. The van der Waals surface area contributed by atoms with Crippen molar-refractivity contribution in [3.05, 3.63) is 46.6 Å². The van der Waals surface area contributed by atoms with Crippen molar-refractivity contribution in [3.8, 4) is 0 Å².